The number of carbonyl (C=O) groups is 2. The second-order valence-corrected chi connectivity index (χ2v) is 6.83. The molecule has 128 valence electrons. The highest BCUT2D eigenvalue weighted by Crippen LogP contribution is 2.24. The lowest BCUT2D eigenvalue weighted by atomic mass is 10.0. The average Bonchev–Trinajstić information content (AvgIpc) is 3.06. The molecule has 1 atom stereocenters. The number of piperidine rings is 1. The molecule has 6 nitrogen and oxygen atoms in total. The zero-order chi connectivity index (χ0) is 16.7. The highest BCUT2D eigenvalue weighted by atomic mass is 32.1. The lowest BCUT2D eigenvalue weighted by molar-refractivity contribution is -0.134. The monoisotopic (exact) mass is 338 g/mol. The Morgan fingerprint density at radius 3 is 2.78 bits per heavy atom. The molecule has 0 bridgehead atoms. The number of amides is 3. The molecule has 0 saturated carbocycles. The number of nitrogens with two attached hydrogens (primary N) is 1. The molecule has 2 rings (SSSR count). The Bertz CT molecular complexity index is 500. The number of carbonyl (C=O) groups excluding carboxylic acids is 2. The summed E-state index contributed by atoms with van der Waals surface area (Å²) < 4.78 is 0. The first-order valence-corrected chi connectivity index (χ1v) is 9.09. The molecular formula is C16H26N4O2S. The Morgan fingerprint density at radius 2 is 2.22 bits per heavy atom. The fourth-order valence-corrected chi connectivity index (χ4v) is 3.82. The molecular weight excluding hydrogens is 312 g/mol. The maximum atomic E-state index is 12.8. The van der Waals surface area contributed by atoms with Gasteiger partial charge in [-0.2, -0.15) is 0 Å². The molecule has 2 heterocycles. The molecule has 1 saturated heterocycles. The van der Waals surface area contributed by atoms with Crippen LogP contribution in [-0.4, -0.2) is 42.5 Å². The van der Waals surface area contributed by atoms with E-state index in [1.165, 1.54) is 11.3 Å². The van der Waals surface area contributed by atoms with Gasteiger partial charge in [0.15, 0.2) is 0 Å². The van der Waals surface area contributed by atoms with Gasteiger partial charge in [-0.15, -0.1) is 11.3 Å². The average molecular weight is 338 g/mol. The lowest BCUT2D eigenvalue weighted by Crippen LogP contribution is -2.47. The van der Waals surface area contributed by atoms with Crippen molar-refractivity contribution in [1.82, 2.24) is 15.5 Å². The molecule has 0 aromatic carbocycles. The van der Waals surface area contributed by atoms with Crippen molar-refractivity contribution in [2.75, 3.05) is 19.6 Å². The van der Waals surface area contributed by atoms with Gasteiger partial charge in [0.1, 0.15) is 0 Å². The Morgan fingerprint density at radius 1 is 1.48 bits per heavy atom. The predicted molar refractivity (Wildman–Crippen MR) is 92.3 cm³/mol. The second-order valence-electron chi connectivity index (χ2n) is 5.85. The Balaban J connectivity index is 2.06. The third-order valence-electron chi connectivity index (χ3n) is 4.12. The highest BCUT2D eigenvalue weighted by molar-refractivity contribution is 7.10. The number of hydrogen-bond acceptors (Lipinski definition) is 4. The number of hydrogen-bond donors (Lipinski definition) is 3. The number of primary amides is 1. The first-order chi connectivity index (χ1) is 11.1. The molecule has 0 spiro atoms. The minimum Gasteiger partial charge on any atom is -0.352 e. The van der Waals surface area contributed by atoms with Crippen LogP contribution in [0.5, 0.6) is 0 Å². The van der Waals surface area contributed by atoms with Gasteiger partial charge in [0, 0.05) is 17.5 Å². The summed E-state index contributed by atoms with van der Waals surface area (Å²) in [6.07, 6.45) is 3.16. The molecule has 1 aromatic heterocycles. The second kappa shape index (κ2) is 8.88. The van der Waals surface area contributed by atoms with E-state index in [1.54, 1.807) is 0 Å². The smallest absolute Gasteiger partial charge is 0.312 e. The van der Waals surface area contributed by atoms with Gasteiger partial charge >= 0.3 is 6.03 Å². The molecule has 1 aliphatic heterocycles. The zero-order valence-corrected chi connectivity index (χ0v) is 14.4. The molecule has 4 N–H and O–H groups in total. The quantitative estimate of drug-likeness (QED) is 0.709. The highest BCUT2D eigenvalue weighted by Gasteiger charge is 2.27. The van der Waals surface area contributed by atoms with Crippen molar-refractivity contribution in [3.8, 4) is 0 Å². The summed E-state index contributed by atoms with van der Waals surface area (Å²) >= 11 is 1.52. The van der Waals surface area contributed by atoms with E-state index in [-0.39, 0.29) is 18.4 Å². The summed E-state index contributed by atoms with van der Waals surface area (Å²) in [6, 6.07) is 3.19. The molecule has 7 heteroatoms. The van der Waals surface area contributed by atoms with Crippen molar-refractivity contribution in [3.05, 3.63) is 22.4 Å². The van der Waals surface area contributed by atoms with Crippen molar-refractivity contribution in [1.29, 1.82) is 0 Å². The van der Waals surface area contributed by atoms with Crippen LogP contribution in [0, 0.1) is 0 Å². The maximum absolute atomic E-state index is 12.8. The molecule has 3 amide bonds. The Labute approximate surface area is 141 Å². The molecule has 23 heavy (non-hydrogen) atoms. The van der Waals surface area contributed by atoms with Gasteiger partial charge in [-0.3, -0.25) is 4.79 Å². The lowest BCUT2D eigenvalue weighted by Gasteiger charge is -2.35. The SMILES string of the molecule is CCCN(C(=O)CC(NC(N)=O)c1cccs1)C1CCNCC1. The van der Waals surface area contributed by atoms with Crippen molar-refractivity contribution >= 4 is 23.3 Å². The fourth-order valence-electron chi connectivity index (χ4n) is 3.05. The fraction of sp³-hybridized carbons (Fsp3) is 0.625. The molecule has 1 fully saturated rings. The zero-order valence-electron chi connectivity index (χ0n) is 13.6. The van der Waals surface area contributed by atoms with Gasteiger partial charge in [-0.1, -0.05) is 13.0 Å². The van der Waals surface area contributed by atoms with Crippen LogP contribution in [0.25, 0.3) is 0 Å². The van der Waals surface area contributed by atoms with Crippen molar-refractivity contribution in [2.24, 2.45) is 5.73 Å². The van der Waals surface area contributed by atoms with Crippen LogP contribution in [0.15, 0.2) is 17.5 Å². The molecule has 1 aliphatic rings. The standard InChI is InChI=1S/C16H26N4O2S/c1-2-9-20(12-5-7-18-8-6-12)15(21)11-13(19-16(17)22)14-4-3-10-23-14/h3-4,10,12-13,18H,2,5-9,11H2,1H3,(H3,17,19,22). The number of thiophene rings is 1. The topological polar surface area (TPSA) is 87.5 Å². The Hall–Kier alpha value is -1.60. The number of nitrogens with zero attached hydrogens (tertiary/aromatic N) is 1. The number of nitrogens with one attached hydrogen (secondary N) is 2. The van der Waals surface area contributed by atoms with Crippen molar-refractivity contribution < 1.29 is 9.59 Å². The summed E-state index contributed by atoms with van der Waals surface area (Å²) in [4.78, 5) is 27.1. The molecule has 0 radical (unpaired) electrons. The number of urea groups is 1. The van der Waals surface area contributed by atoms with Crippen LogP contribution >= 0.6 is 11.3 Å². The summed E-state index contributed by atoms with van der Waals surface area (Å²) in [5.74, 6) is 0.0888. The van der Waals surface area contributed by atoms with E-state index in [9.17, 15) is 9.59 Å². The minimum atomic E-state index is -0.597. The van der Waals surface area contributed by atoms with E-state index >= 15 is 0 Å². The first-order valence-electron chi connectivity index (χ1n) is 8.21. The van der Waals surface area contributed by atoms with Gasteiger partial charge in [0.25, 0.3) is 0 Å². The van der Waals surface area contributed by atoms with Crippen LogP contribution in [0.2, 0.25) is 0 Å². The van der Waals surface area contributed by atoms with Gasteiger partial charge in [0.05, 0.1) is 12.5 Å². The van der Waals surface area contributed by atoms with E-state index in [1.807, 2.05) is 22.4 Å². The van der Waals surface area contributed by atoms with Crippen LogP contribution in [0.1, 0.15) is 43.5 Å². The molecule has 0 aliphatic carbocycles. The van der Waals surface area contributed by atoms with Crippen LogP contribution in [0.3, 0.4) is 0 Å². The predicted octanol–water partition coefficient (Wildman–Crippen LogP) is 1.84. The third kappa shape index (κ3) is 5.21. The van der Waals surface area contributed by atoms with Gasteiger partial charge in [-0.05, 0) is 43.8 Å². The van der Waals surface area contributed by atoms with Crippen LogP contribution in [-0.2, 0) is 4.79 Å². The van der Waals surface area contributed by atoms with E-state index in [0.717, 1.165) is 43.8 Å². The summed E-state index contributed by atoms with van der Waals surface area (Å²) in [7, 11) is 0. The maximum Gasteiger partial charge on any atom is 0.312 e. The molecule has 1 unspecified atom stereocenters. The number of rotatable bonds is 7. The van der Waals surface area contributed by atoms with E-state index in [2.05, 4.69) is 17.6 Å². The van der Waals surface area contributed by atoms with E-state index in [0.29, 0.717) is 6.04 Å². The first kappa shape index (κ1) is 17.7. The minimum absolute atomic E-state index is 0.0888. The van der Waals surface area contributed by atoms with Crippen molar-refractivity contribution in [2.45, 2.75) is 44.7 Å². The van der Waals surface area contributed by atoms with E-state index in [4.69, 9.17) is 5.73 Å². The largest absolute Gasteiger partial charge is 0.352 e. The third-order valence-corrected chi connectivity index (χ3v) is 5.10. The Kier molecular flexibility index (Phi) is 6.85. The van der Waals surface area contributed by atoms with Crippen molar-refractivity contribution in [3.63, 3.8) is 0 Å². The molecule has 1 aromatic rings. The van der Waals surface area contributed by atoms with Crippen LogP contribution < -0.4 is 16.4 Å². The summed E-state index contributed by atoms with van der Waals surface area (Å²) in [5, 5.41) is 7.97. The van der Waals surface area contributed by atoms with Gasteiger partial charge < -0.3 is 21.3 Å². The summed E-state index contributed by atoms with van der Waals surface area (Å²) in [6.45, 7) is 4.75. The van der Waals surface area contributed by atoms with Gasteiger partial charge in [0.2, 0.25) is 5.91 Å². The van der Waals surface area contributed by atoms with Crippen LogP contribution in [0.4, 0.5) is 4.79 Å². The summed E-state index contributed by atoms with van der Waals surface area (Å²) in [5.41, 5.74) is 5.27. The van der Waals surface area contributed by atoms with Gasteiger partial charge in [-0.25, -0.2) is 4.79 Å². The van der Waals surface area contributed by atoms with E-state index < -0.39 is 6.03 Å². The normalized spacial score (nSPS) is 16.7.